The maximum Gasteiger partial charge on any atom is 0.227 e. The van der Waals surface area contributed by atoms with Crippen molar-refractivity contribution in [3.05, 3.63) is 23.9 Å². The van der Waals surface area contributed by atoms with Crippen LogP contribution >= 0.6 is 0 Å². The number of carbonyl (C=O) groups excluding carboxylic acids is 2. The van der Waals surface area contributed by atoms with Crippen LogP contribution in [0.3, 0.4) is 0 Å². The number of aliphatic imine (C=N–C) groups is 1. The molecule has 1 aliphatic heterocycles. The lowest BCUT2D eigenvalue weighted by Crippen LogP contribution is -2.46. The first-order valence-corrected chi connectivity index (χ1v) is 10.5. The summed E-state index contributed by atoms with van der Waals surface area (Å²) in [5.74, 6) is 1.67. The van der Waals surface area contributed by atoms with Gasteiger partial charge in [0.15, 0.2) is 5.96 Å². The van der Waals surface area contributed by atoms with Gasteiger partial charge < -0.3 is 20.9 Å². The molecular weight excluding hydrogens is 368 g/mol. The molecule has 29 heavy (non-hydrogen) atoms. The Morgan fingerprint density at radius 1 is 1.24 bits per heavy atom. The molecule has 0 bridgehead atoms. The fourth-order valence-corrected chi connectivity index (χ4v) is 4.01. The maximum atomic E-state index is 12.6. The van der Waals surface area contributed by atoms with Crippen LogP contribution in [0.2, 0.25) is 0 Å². The summed E-state index contributed by atoms with van der Waals surface area (Å²) in [6.07, 6.45) is 5.66. The molecule has 8 nitrogen and oxygen atoms in total. The Morgan fingerprint density at radius 3 is 2.76 bits per heavy atom. The Hall–Kier alpha value is -2.64. The smallest absolute Gasteiger partial charge is 0.227 e. The van der Waals surface area contributed by atoms with Crippen molar-refractivity contribution < 1.29 is 9.59 Å². The fraction of sp³-hybridized carbons (Fsp3) is 0.619. The number of pyridine rings is 1. The van der Waals surface area contributed by atoms with Gasteiger partial charge in [0.2, 0.25) is 11.8 Å². The van der Waals surface area contributed by atoms with Crippen LogP contribution in [0.25, 0.3) is 0 Å². The third kappa shape index (κ3) is 6.17. The van der Waals surface area contributed by atoms with Gasteiger partial charge in [-0.05, 0) is 38.3 Å². The van der Waals surface area contributed by atoms with Gasteiger partial charge in [-0.1, -0.05) is 18.9 Å². The summed E-state index contributed by atoms with van der Waals surface area (Å²) in [6, 6.07) is 5.72. The van der Waals surface area contributed by atoms with Crippen molar-refractivity contribution in [2.45, 2.75) is 51.5 Å². The van der Waals surface area contributed by atoms with Crippen LogP contribution in [-0.2, 0) is 9.59 Å². The molecule has 3 rings (SSSR count). The van der Waals surface area contributed by atoms with Crippen molar-refractivity contribution in [2.24, 2.45) is 10.9 Å². The molecule has 2 amide bonds. The van der Waals surface area contributed by atoms with Gasteiger partial charge in [0.25, 0.3) is 0 Å². The number of carbonyl (C=O) groups is 2. The number of likely N-dealkylation sites (tertiary alicyclic amines) is 1. The predicted molar refractivity (Wildman–Crippen MR) is 114 cm³/mol. The second-order valence-electron chi connectivity index (χ2n) is 7.86. The lowest BCUT2D eigenvalue weighted by Gasteiger charge is -2.21. The Bertz CT molecular complexity index is 744. The van der Waals surface area contributed by atoms with Crippen molar-refractivity contribution in [3.63, 3.8) is 0 Å². The monoisotopic (exact) mass is 400 g/mol. The summed E-state index contributed by atoms with van der Waals surface area (Å²) in [4.78, 5) is 35.2. The van der Waals surface area contributed by atoms with Crippen molar-refractivity contribution in [1.82, 2.24) is 20.5 Å². The van der Waals surface area contributed by atoms with E-state index in [2.05, 4.69) is 25.9 Å². The Morgan fingerprint density at radius 2 is 2.03 bits per heavy atom. The van der Waals surface area contributed by atoms with E-state index < -0.39 is 0 Å². The molecule has 1 aromatic heterocycles. The third-order valence-electron chi connectivity index (χ3n) is 5.57. The number of nitrogens with zero attached hydrogens (tertiary/aromatic N) is 3. The van der Waals surface area contributed by atoms with Crippen LogP contribution in [-0.4, -0.2) is 60.4 Å². The molecule has 3 N–H and O–H groups in total. The highest BCUT2D eigenvalue weighted by atomic mass is 16.2. The fourth-order valence-electron chi connectivity index (χ4n) is 4.01. The summed E-state index contributed by atoms with van der Waals surface area (Å²) in [6.45, 7) is 3.87. The van der Waals surface area contributed by atoms with Crippen LogP contribution < -0.4 is 16.0 Å². The van der Waals surface area contributed by atoms with Crippen LogP contribution in [0, 0.1) is 12.8 Å². The predicted octanol–water partition coefficient (Wildman–Crippen LogP) is 1.67. The number of aromatic nitrogens is 1. The minimum Gasteiger partial charge on any atom is -0.356 e. The number of guanidine groups is 1. The zero-order chi connectivity index (χ0) is 20.6. The van der Waals surface area contributed by atoms with E-state index >= 15 is 0 Å². The van der Waals surface area contributed by atoms with Gasteiger partial charge in [-0.2, -0.15) is 0 Å². The van der Waals surface area contributed by atoms with Crippen molar-refractivity contribution in [1.29, 1.82) is 0 Å². The van der Waals surface area contributed by atoms with E-state index in [0.29, 0.717) is 30.7 Å². The maximum absolute atomic E-state index is 12.6. The number of aryl methyl sites for hydroxylation is 1. The highest BCUT2D eigenvalue weighted by Gasteiger charge is 2.32. The molecule has 158 valence electrons. The van der Waals surface area contributed by atoms with Gasteiger partial charge >= 0.3 is 0 Å². The van der Waals surface area contributed by atoms with Crippen molar-refractivity contribution in [2.75, 3.05) is 32.0 Å². The number of hydrogen-bond donors (Lipinski definition) is 3. The number of hydrogen-bond acceptors (Lipinski definition) is 4. The Labute approximate surface area is 172 Å². The number of rotatable bonds is 6. The molecule has 2 fully saturated rings. The standard InChI is InChI=1S/C21H32N6O2/c1-15-6-5-9-18(24-15)26-19(28)10-12-23-21(22-2)25-17-11-13-27(14-17)20(29)16-7-3-4-8-16/h5-6,9,16-17H,3-4,7-8,10-14H2,1-2H3,(H2,22,23,25)(H,24,26,28). The molecule has 8 heteroatoms. The van der Waals surface area contributed by atoms with Gasteiger partial charge in [0, 0.05) is 50.8 Å². The molecule has 1 aromatic rings. The molecule has 1 aliphatic carbocycles. The van der Waals surface area contributed by atoms with Crippen LogP contribution in [0.4, 0.5) is 5.82 Å². The highest BCUT2D eigenvalue weighted by Crippen LogP contribution is 2.27. The quantitative estimate of drug-likeness (QED) is 0.498. The summed E-state index contributed by atoms with van der Waals surface area (Å²) >= 11 is 0. The van der Waals surface area contributed by atoms with E-state index in [1.165, 1.54) is 12.8 Å². The van der Waals surface area contributed by atoms with E-state index in [9.17, 15) is 9.59 Å². The average Bonchev–Trinajstić information content (AvgIpc) is 3.39. The number of amides is 2. The molecule has 1 unspecified atom stereocenters. The summed E-state index contributed by atoms with van der Waals surface area (Å²) in [7, 11) is 1.71. The van der Waals surface area contributed by atoms with E-state index in [0.717, 1.165) is 38.0 Å². The molecule has 1 atom stereocenters. The highest BCUT2D eigenvalue weighted by molar-refractivity contribution is 5.90. The van der Waals surface area contributed by atoms with Crippen molar-refractivity contribution >= 4 is 23.6 Å². The molecule has 2 heterocycles. The number of anilines is 1. The summed E-state index contributed by atoms with van der Waals surface area (Å²) in [5, 5.41) is 9.35. The normalized spacial score (nSPS) is 20.0. The summed E-state index contributed by atoms with van der Waals surface area (Å²) in [5.41, 5.74) is 0.863. The topological polar surface area (TPSA) is 98.7 Å². The van der Waals surface area contributed by atoms with Gasteiger partial charge in [-0.3, -0.25) is 14.6 Å². The molecule has 0 aromatic carbocycles. The van der Waals surface area contributed by atoms with Crippen LogP contribution in [0.15, 0.2) is 23.2 Å². The van der Waals surface area contributed by atoms with E-state index in [1.54, 1.807) is 13.1 Å². The van der Waals surface area contributed by atoms with Gasteiger partial charge in [-0.25, -0.2) is 4.98 Å². The molecule has 1 saturated heterocycles. The molecular formula is C21H32N6O2. The van der Waals surface area contributed by atoms with E-state index in [1.807, 2.05) is 24.0 Å². The zero-order valence-corrected chi connectivity index (χ0v) is 17.4. The van der Waals surface area contributed by atoms with Gasteiger partial charge in [0.05, 0.1) is 0 Å². The van der Waals surface area contributed by atoms with Gasteiger partial charge in [0.1, 0.15) is 5.82 Å². The zero-order valence-electron chi connectivity index (χ0n) is 17.4. The third-order valence-corrected chi connectivity index (χ3v) is 5.57. The molecule has 2 aliphatic rings. The van der Waals surface area contributed by atoms with Crippen molar-refractivity contribution in [3.8, 4) is 0 Å². The first kappa shape index (κ1) is 21.1. The molecule has 0 spiro atoms. The second kappa shape index (κ2) is 10.2. The lowest BCUT2D eigenvalue weighted by molar-refractivity contribution is -0.134. The Balaban J connectivity index is 1.37. The first-order chi connectivity index (χ1) is 14.0. The molecule has 1 saturated carbocycles. The lowest BCUT2D eigenvalue weighted by atomic mass is 10.1. The number of nitrogens with one attached hydrogen (secondary N) is 3. The molecule has 0 radical (unpaired) electrons. The average molecular weight is 401 g/mol. The minimum atomic E-state index is -0.0970. The first-order valence-electron chi connectivity index (χ1n) is 10.5. The summed E-state index contributed by atoms with van der Waals surface area (Å²) < 4.78 is 0. The van der Waals surface area contributed by atoms with Crippen LogP contribution in [0.1, 0.15) is 44.2 Å². The van der Waals surface area contributed by atoms with Crippen LogP contribution in [0.5, 0.6) is 0 Å². The van der Waals surface area contributed by atoms with E-state index in [4.69, 9.17) is 0 Å². The van der Waals surface area contributed by atoms with E-state index in [-0.39, 0.29) is 17.9 Å². The second-order valence-corrected chi connectivity index (χ2v) is 7.86. The largest absolute Gasteiger partial charge is 0.356 e. The Kier molecular flexibility index (Phi) is 7.43. The van der Waals surface area contributed by atoms with Gasteiger partial charge in [-0.15, -0.1) is 0 Å². The minimum absolute atomic E-state index is 0.0970. The SMILES string of the molecule is CN=C(NCCC(=O)Nc1cccc(C)n1)NC1CCN(C(=O)C2CCCC2)C1.